The van der Waals surface area contributed by atoms with Gasteiger partial charge in [-0.3, -0.25) is 4.79 Å². The Labute approximate surface area is 180 Å². The third-order valence-corrected chi connectivity index (χ3v) is 6.79. The molecule has 0 spiro atoms. The lowest BCUT2D eigenvalue weighted by molar-refractivity contribution is 0.216. The summed E-state index contributed by atoms with van der Waals surface area (Å²) in [5.74, 6) is 0.936. The zero-order valence-electron chi connectivity index (χ0n) is 17.4. The molecule has 3 heterocycles. The molecular formula is C24H27FN4O2. The molecule has 2 aromatic carbocycles. The molecular weight excluding hydrogens is 395 g/mol. The molecule has 2 fully saturated rings. The number of aliphatic hydroxyl groups excluding tert-OH is 1. The molecule has 1 aromatic heterocycles. The average molecular weight is 423 g/mol. The third-order valence-electron chi connectivity index (χ3n) is 6.79. The number of hydrogen-bond acceptors (Lipinski definition) is 5. The lowest BCUT2D eigenvalue weighted by Gasteiger charge is -2.36. The van der Waals surface area contributed by atoms with Crippen molar-refractivity contribution in [1.29, 1.82) is 0 Å². The van der Waals surface area contributed by atoms with Crippen molar-refractivity contribution in [3.63, 3.8) is 0 Å². The molecule has 2 atom stereocenters. The summed E-state index contributed by atoms with van der Waals surface area (Å²) in [6.45, 7) is 4.59. The van der Waals surface area contributed by atoms with Crippen molar-refractivity contribution < 1.29 is 9.50 Å². The quantitative estimate of drug-likeness (QED) is 0.661. The summed E-state index contributed by atoms with van der Waals surface area (Å²) in [5, 5.41) is 17.5. The first kappa shape index (κ1) is 20.2. The highest BCUT2D eigenvalue weighted by Gasteiger charge is 2.37. The minimum Gasteiger partial charge on any atom is -0.395 e. The monoisotopic (exact) mass is 422 g/mol. The Morgan fingerprint density at radius 1 is 1.10 bits per heavy atom. The number of hydrogen-bond donors (Lipinski definition) is 2. The van der Waals surface area contributed by atoms with E-state index in [2.05, 4.69) is 20.0 Å². The molecule has 0 amide bonds. The highest BCUT2D eigenvalue weighted by atomic mass is 19.1. The number of benzene rings is 2. The zero-order chi connectivity index (χ0) is 21.4. The van der Waals surface area contributed by atoms with Gasteiger partial charge in [0.05, 0.1) is 23.4 Å². The van der Waals surface area contributed by atoms with E-state index in [0.29, 0.717) is 29.3 Å². The predicted octanol–water partition coefficient (Wildman–Crippen LogP) is 2.40. The van der Waals surface area contributed by atoms with E-state index < -0.39 is 0 Å². The van der Waals surface area contributed by atoms with Gasteiger partial charge in [0.15, 0.2) is 0 Å². The molecule has 0 radical (unpaired) electrons. The lowest BCUT2D eigenvalue weighted by Crippen LogP contribution is -2.40. The zero-order valence-corrected chi connectivity index (χ0v) is 17.4. The number of β-amino-alcohol motifs (C(OH)–C–C–N with tert-alkyl or cyclic N) is 1. The van der Waals surface area contributed by atoms with Crippen LogP contribution in [0.2, 0.25) is 0 Å². The average Bonchev–Trinajstić information content (AvgIpc) is 3.19. The molecule has 162 valence electrons. The topological polar surface area (TPSA) is 72.5 Å². The fourth-order valence-electron chi connectivity index (χ4n) is 5.22. The standard InChI is InChI=1S/C24H27FN4O2/c25-21-6-5-16(11-22-19-3-1-2-4-20(19)24(31)27-26-22)12-23(21)29-8-7-17-13-28(9-10-30)14-18(17)15-29/h1-6,12,17-18,30H,7-11,13-15H2,(H,27,31). The van der Waals surface area contributed by atoms with Crippen molar-refractivity contribution in [3.05, 3.63) is 69.9 Å². The number of rotatable bonds is 5. The van der Waals surface area contributed by atoms with Crippen LogP contribution in [-0.4, -0.2) is 59.5 Å². The van der Waals surface area contributed by atoms with E-state index in [0.717, 1.165) is 55.8 Å². The summed E-state index contributed by atoms with van der Waals surface area (Å²) in [6, 6.07) is 12.7. The van der Waals surface area contributed by atoms with Gasteiger partial charge in [-0.15, -0.1) is 0 Å². The number of aromatic amines is 1. The van der Waals surface area contributed by atoms with Crippen LogP contribution in [-0.2, 0) is 6.42 Å². The lowest BCUT2D eigenvalue weighted by atomic mass is 9.88. The van der Waals surface area contributed by atoms with Crippen LogP contribution >= 0.6 is 0 Å². The van der Waals surface area contributed by atoms with Crippen LogP contribution in [0.25, 0.3) is 10.8 Å². The number of aliphatic hydroxyl groups is 1. The van der Waals surface area contributed by atoms with Crippen molar-refractivity contribution in [2.24, 2.45) is 11.8 Å². The molecule has 2 aliphatic heterocycles. The van der Waals surface area contributed by atoms with Gasteiger partial charge in [0, 0.05) is 44.5 Å². The Morgan fingerprint density at radius 2 is 1.90 bits per heavy atom. The van der Waals surface area contributed by atoms with E-state index in [1.165, 1.54) is 6.07 Å². The molecule has 0 saturated carbocycles. The van der Waals surface area contributed by atoms with Gasteiger partial charge in [0.1, 0.15) is 5.82 Å². The van der Waals surface area contributed by atoms with Gasteiger partial charge in [-0.05, 0) is 42.0 Å². The first-order valence-electron chi connectivity index (χ1n) is 11.0. The van der Waals surface area contributed by atoms with Gasteiger partial charge in [-0.2, -0.15) is 5.10 Å². The van der Waals surface area contributed by atoms with Crippen LogP contribution in [0, 0.1) is 17.7 Å². The van der Waals surface area contributed by atoms with Crippen LogP contribution in [0.5, 0.6) is 0 Å². The summed E-state index contributed by atoms with van der Waals surface area (Å²) < 4.78 is 14.8. The Kier molecular flexibility index (Phi) is 5.46. The number of likely N-dealkylation sites (tertiary alicyclic amines) is 1. The van der Waals surface area contributed by atoms with Crippen LogP contribution < -0.4 is 10.5 Å². The summed E-state index contributed by atoms with van der Waals surface area (Å²) in [4.78, 5) is 16.5. The van der Waals surface area contributed by atoms with Crippen molar-refractivity contribution in [3.8, 4) is 0 Å². The van der Waals surface area contributed by atoms with Crippen LogP contribution in [0.15, 0.2) is 47.3 Å². The van der Waals surface area contributed by atoms with E-state index in [-0.39, 0.29) is 18.0 Å². The van der Waals surface area contributed by atoms with Crippen molar-refractivity contribution in [1.82, 2.24) is 15.1 Å². The molecule has 3 aromatic rings. The van der Waals surface area contributed by atoms with Crippen molar-refractivity contribution in [2.75, 3.05) is 44.2 Å². The summed E-state index contributed by atoms with van der Waals surface area (Å²) in [5.41, 5.74) is 2.19. The van der Waals surface area contributed by atoms with E-state index in [9.17, 15) is 14.3 Å². The van der Waals surface area contributed by atoms with Gasteiger partial charge < -0.3 is 14.9 Å². The van der Waals surface area contributed by atoms with Gasteiger partial charge >= 0.3 is 0 Å². The number of H-pyrrole nitrogens is 1. The highest BCUT2D eigenvalue weighted by molar-refractivity contribution is 5.83. The normalized spacial score (nSPS) is 21.5. The molecule has 5 rings (SSSR count). The minimum atomic E-state index is -0.202. The third kappa shape index (κ3) is 3.95. The van der Waals surface area contributed by atoms with Gasteiger partial charge in [-0.1, -0.05) is 24.3 Å². The number of aromatic nitrogens is 2. The fraction of sp³-hybridized carbons (Fsp3) is 0.417. The molecule has 2 aliphatic rings. The van der Waals surface area contributed by atoms with Crippen LogP contribution in [0.1, 0.15) is 17.7 Å². The maximum absolute atomic E-state index is 14.8. The number of nitrogens with one attached hydrogen (secondary N) is 1. The minimum absolute atomic E-state index is 0.188. The number of piperidine rings is 1. The second-order valence-electron chi connectivity index (χ2n) is 8.75. The first-order valence-corrected chi connectivity index (χ1v) is 11.0. The van der Waals surface area contributed by atoms with E-state index in [1.54, 1.807) is 12.1 Å². The number of fused-ring (bicyclic) bond motifs is 2. The van der Waals surface area contributed by atoms with E-state index in [1.807, 2.05) is 24.3 Å². The Hall–Kier alpha value is -2.77. The molecule has 31 heavy (non-hydrogen) atoms. The number of anilines is 1. The van der Waals surface area contributed by atoms with Crippen LogP contribution in [0.3, 0.4) is 0 Å². The van der Waals surface area contributed by atoms with Crippen LogP contribution in [0.4, 0.5) is 10.1 Å². The van der Waals surface area contributed by atoms with Crippen molar-refractivity contribution in [2.45, 2.75) is 12.8 Å². The fourth-order valence-corrected chi connectivity index (χ4v) is 5.22. The van der Waals surface area contributed by atoms with Gasteiger partial charge in [0.2, 0.25) is 0 Å². The van der Waals surface area contributed by atoms with Crippen molar-refractivity contribution >= 4 is 16.5 Å². The smallest absolute Gasteiger partial charge is 0.272 e. The Bertz CT molecular complexity index is 1150. The molecule has 2 N–H and O–H groups in total. The second kappa shape index (κ2) is 8.40. The predicted molar refractivity (Wildman–Crippen MR) is 119 cm³/mol. The van der Waals surface area contributed by atoms with Gasteiger partial charge in [0.25, 0.3) is 5.56 Å². The van der Waals surface area contributed by atoms with E-state index >= 15 is 0 Å². The molecule has 2 saturated heterocycles. The molecule has 2 unspecified atom stereocenters. The maximum Gasteiger partial charge on any atom is 0.272 e. The summed E-state index contributed by atoms with van der Waals surface area (Å²) in [6.07, 6.45) is 1.57. The molecule has 0 bridgehead atoms. The summed E-state index contributed by atoms with van der Waals surface area (Å²) in [7, 11) is 0. The Balaban J connectivity index is 1.38. The maximum atomic E-state index is 14.8. The largest absolute Gasteiger partial charge is 0.395 e. The number of nitrogens with zero attached hydrogens (tertiary/aromatic N) is 3. The molecule has 6 nitrogen and oxygen atoms in total. The summed E-state index contributed by atoms with van der Waals surface area (Å²) >= 11 is 0. The molecule has 0 aliphatic carbocycles. The first-order chi connectivity index (χ1) is 15.1. The Morgan fingerprint density at radius 3 is 2.74 bits per heavy atom. The van der Waals surface area contributed by atoms with Gasteiger partial charge in [-0.25, -0.2) is 9.49 Å². The van der Waals surface area contributed by atoms with E-state index in [4.69, 9.17) is 0 Å². The number of halogens is 1. The SMILES string of the molecule is O=c1[nH]nc(Cc2ccc(F)c(N3CCC4CN(CCO)CC4C3)c2)c2ccccc12. The second-order valence-corrected chi connectivity index (χ2v) is 8.75. The molecule has 7 heteroatoms. The highest BCUT2D eigenvalue weighted by Crippen LogP contribution is 2.34.